The number of hydrogen-bond donors (Lipinski definition) is 2. The van der Waals surface area contributed by atoms with E-state index in [1.807, 2.05) is 48.5 Å². The summed E-state index contributed by atoms with van der Waals surface area (Å²) >= 11 is 0. The second-order valence-electron chi connectivity index (χ2n) is 4.93. The van der Waals surface area contributed by atoms with Gasteiger partial charge in [-0.1, -0.05) is 36.4 Å². The van der Waals surface area contributed by atoms with Crippen LogP contribution in [-0.4, -0.2) is 14.2 Å². The van der Waals surface area contributed by atoms with Gasteiger partial charge >= 0.3 is 0 Å². The molecule has 2 atom stereocenters. The van der Waals surface area contributed by atoms with Crippen molar-refractivity contribution < 1.29 is 9.47 Å². The number of rotatable bonds is 6. The van der Waals surface area contributed by atoms with Gasteiger partial charge in [0.05, 0.1) is 14.2 Å². The van der Waals surface area contributed by atoms with Gasteiger partial charge in [-0.15, -0.1) is 0 Å². The van der Waals surface area contributed by atoms with Crippen molar-refractivity contribution in [3.63, 3.8) is 0 Å². The molecule has 21 heavy (non-hydrogen) atoms. The molecule has 4 nitrogen and oxygen atoms in total. The van der Waals surface area contributed by atoms with E-state index in [2.05, 4.69) is 0 Å². The van der Waals surface area contributed by atoms with Crippen molar-refractivity contribution in [2.75, 3.05) is 14.2 Å². The maximum absolute atomic E-state index is 6.30. The molecule has 2 aromatic rings. The summed E-state index contributed by atoms with van der Waals surface area (Å²) in [6.07, 6.45) is 0.612. The molecule has 2 rings (SSSR count). The highest BCUT2D eigenvalue weighted by atomic mass is 16.5. The van der Waals surface area contributed by atoms with E-state index in [9.17, 15) is 0 Å². The van der Waals surface area contributed by atoms with Crippen LogP contribution >= 0.6 is 0 Å². The van der Waals surface area contributed by atoms with Crippen LogP contribution in [0.2, 0.25) is 0 Å². The summed E-state index contributed by atoms with van der Waals surface area (Å²) in [5.41, 5.74) is 14.5. The summed E-state index contributed by atoms with van der Waals surface area (Å²) in [7, 11) is 3.29. The number of para-hydroxylation sites is 2. The third-order valence-corrected chi connectivity index (χ3v) is 3.58. The van der Waals surface area contributed by atoms with Crippen molar-refractivity contribution in [2.24, 2.45) is 11.5 Å². The smallest absolute Gasteiger partial charge is 0.123 e. The Morgan fingerprint density at radius 2 is 1.14 bits per heavy atom. The molecule has 2 aromatic carbocycles. The highest BCUT2D eigenvalue weighted by Gasteiger charge is 2.18. The summed E-state index contributed by atoms with van der Waals surface area (Å²) in [6, 6.07) is 15.1. The van der Waals surface area contributed by atoms with Crippen molar-refractivity contribution in [3.05, 3.63) is 59.7 Å². The van der Waals surface area contributed by atoms with Crippen molar-refractivity contribution >= 4 is 0 Å². The van der Waals surface area contributed by atoms with Crippen LogP contribution in [0.1, 0.15) is 29.6 Å². The van der Waals surface area contributed by atoms with Crippen LogP contribution in [0.5, 0.6) is 11.5 Å². The fourth-order valence-electron chi connectivity index (χ4n) is 2.47. The van der Waals surface area contributed by atoms with E-state index in [1.165, 1.54) is 0 Å². The topological polar surface area (TPSA) is 70.5 Å². The van der Waals surface area contributed by atoms with Gasteiger partial charge in [0, 0.05) is 23.2 Å². The molecule has 0 aliphatic rings. The van der Waals surface area contributed by atoms with E-state index in [0.29, 0.717) is 6.42 Å². The van der Waals surface area contributed by atoms with Gasteiger partial charge in [-0.25, -0.2) is 0 Å². The van der Waals surface area contributed by atoms with Crippen LogP contribution in [0.15, 0.2) is 48.5 Å². The highest BCUT2D eigenvalue weighted by molar-refractivity contribution is 5.38. The Morgan fingerprint density at radius 3 is 1.52 bits per heavy atom. The molecule has 0 aromatic heterocycles. The molecule has 4 N–H and O–H groups in total. The molecular formula is C17H22N2O2. The summed E-state index contributed by atoms with van der Waals surface area (Å²) < 4.78 is 10.7. The van der Waals surface area contributed by atoms with Crippen molar-refractivity contribution in [1.82, 2.24) is 0 Å². The lowest BCUT2D eigenvalue weighted by Crippen LogP contribution is -2.20. The maximum atomic E-state index is 6.30. The van der Waals surface area contributed by atoms with E-state index in [4.69, 9.17) is 20.9 Å². The van der Waals surface area contributed by atoms with Crippen LogP contribution < -0.4 is 20.9 Å². The Hall–Kier alpha value is -2.04. The molecule has 0 heterocycles. The third-order valence-electron chi connectivity index (χ3n) is 3.58. The third kappa shape index (κ3) is 3.54. The van der Waals surface area contributed by atoms with E-state index in [1.54, 1.807) is 14.2 Å². The molecule has 0 aliphatic carbocycles. The summed E-state index contributed by atoms with van der Waals surface area (Å²) in [6.45, 7) is 0. The molecule has 0 radical (unpaired) electrons. The van der Waals surface area contributed by atoms with E-state index >= 15 is 0 Å². The Labute approximate surface area is 125 Å². The molecule has 0 bridgehead atoms. The molecule has 0 amide bonds. The number of methoxy groups -OCH3 is 2. The number of hydrogen-bond acceptors (Lipinski definition) is 4. The van der Waals surface area contributed by atoms with Crippen LogP contribution in [0.4, 0.5) is 0 Å². The van der Waals surface area contributed by atoms with Gasteiger partial charge in [-0.05, 0) is 18.6 Å². The minimum Gasteiger partial charge on any atom is -0.496 e. The van der Waals surface area contributed by atoms with E-state index < -0.39 is 0 Å². The Balaban J connectivity index is 2.17. The predicted octanol–water partition coefficient (Wildman–Crippen LogP) is 2.79. The van der Waals surface area contributed by atoms with E-state index in [0.717, 1.165) is 22.6 Å². The molecule has 4 heteroatoms. The normalized spacial score (nSPS) is 13.5. The lowest BCUT2D eigenvalue weighted by Gasteiger charge is -2.21. The van der Waals surface area contributed by atoms with Gasteiger partial charge in [-0.3, -0.25) is 0 Å². The summed E-state index contributed by atoms with van der Waals surface area (Å²) in [4.78, 5) is 0. The van der Waals surface area contributed by atoms with Crippen LogP contribution in [0.3, 0.4) is 0 Å². The average Bonchev–Trinajstić information content (AvgIpc) is 2.54. The van der Waals surface area contributed by atoms with Gasteiger partial charge in [-0.2, -0.15) is 0 Å². The van der Waals surface area contributed by atoms with Crippen LogP contribution in [0.25, 0.3) is 0 Å². The number of benzene rings is 2. The van der Waals surface area contributed by atoms with Gasteiger partial charge < -0.3 is 20.9 Å². The van der Waals surface area contributed by atoms with Gasteiger partial charge in [0.25, 0.3) is 0 Å². The molecule has 112 valence electrons. The molecule has 2 unspecified atom stereocenters. The van der Waals surface area contributed by atoms with Crippen molar-refractivity contribution in [2.45, 2.75) is 18.5 Å². The largest absolute Gasteiger partial charge is 0.496 e. The quantitative estimate of drug-likeness (QED) is 0.856. The zero-order valence-corrected chi connectivity index (χ0v) is 12.5. The SMILES string of the molecule is COc1ccccc1C(N)CC(N)c1ccccc1OC. The monoisotopic (exact) mass is 286 g/mol. The Bertz CT molecular complexity index is 535. The first-order valence-electron chi connectivity index (χ1n) is 6.94. The second kappa shape index (κ2) is 7.11. The molecule has 0 spiro atoms. The molecular weight excluding hydrogens is 264 g/mol. The zero-order valence-electron chi connectivity index (χ0n) is 12.5. The number of nitrogens with two attached hydrogens (primary N) is 2. The summed E-state index contributed by atoms with van der Waals surface area (Å²) in [5.74, 6) is 1.58. The first-order chi connectivity index (χ1) is 10.2. The zero-order chi connectivity index (χ0) is 15.2. The van der Waals surface area contributed by atoms with Crippen molar-refractivity contribution in [3.8, 4) is 11.5 Å². The summed E-state index contributed by atoms with van der Waals surface area (Å²) in [5, 5.41) is 0. The van der Waals surface area contributed by atoms with Crippen LogP contribution in [0, 0.1) is 0 Å². The Kier molecular flexibility index (Phi) is 5.20. The molecule has 0 fully saturated rings. The fraction of sp³-hybridized carbons (Fsp3) is 0.294. The van der Waals surface area contributed by atoms with E-state index in [-0.39, 0.29) is 12.1 Å². The van der Waals surface area contributed by atoms with Crippen molar-refractivity contribution in [1.29, 1.82) is 0 Å². The minimum atomic E-state index is -0.193. The predicted molar refractivity (Wildman–Crippen MR) is 84.5 cm³/mol. The molecule has 0 saturated heterocycles. The second-order valence-corrected chi connectivity index (χ2v) is 4.93. The first kappa shape index (κ1) is 15.4. The fourth-order valence-corrected chi connectivity index (χ4v) is 2.47. The average molecular weight is 286 g/mol. The standard InChI is InChI=1S/C17H22N2O2/c1-20-16-9-5-3-7-12(16)14(18)11-15(19)13-8-4-6-10-17(13)21-2/h3-10,14-15H,11,18-19H2,1-2H3. The van der Waals surface area contributed by atoms with Gasteiger partial charge in [0.2, 0.25) is 0 Å². The van der Waals surface area contributed by atoms with Gasteiger partial charge in [0.1, 0.15) is 11.5 Å². The highest BCUT2D eigenvalue weighted by Crippen LogP contribution is 2.32. The number of ether oxygens (including phenoxy) is 2. The van der Waals surface area contributed by atoms with Gasteiger partial charge in [0.15, 0.2) is 0 Å². The molecule has 0 saturated carbocycles. The Morgan fingerprint density at radius 1 is 0.762 bits per heavy atom. The lowest BCUT2D eigenvalue weighted by molar-refractivity contribution is 0.395. The van der Waals surface area contributed by atoms with Crippen LogP contribution in [-0.2, 0) is 0 Å². The molecule has 0 aliphatic heterocycles. The minimum absolute atomic E-state index is 0.193. The first-order valence-corrected chi connectivity index (χ1v) is 6.94. The maximum Gasteiger partial charge on any atom is 0.123 e. The lowest BCUT2D eigenvalue weighted by atomic mass is 9.95.